The smallest absolute Gasteiger partial charge is 0.176 e. The average molecular weight is 324 g/mol. The second kappa shape index (κ2) is 5.78. The molecule has 1 atom stereocenters. The Labute approximate surface area is 140 Å². The van der Waals surface area contributed by atoms with Gasteiger partial charge in [-0.3, -0.25) is 4.79 Å². The number of Topliss-reactive ketones (excluding diaryl/α,β-unsaturated/α-hetero) is 1. The van der Waals surface area contributed by atoms with Gasteiger partial charge in [-0.25, -0.2) is 4.98 Å². The van der Waals surface area contributed by atoms with Crippen molar-refractivity contribution >= 4 is 11.6 Å². The predicted octanol–water partition coefficient (Wildman–Crippen LogP) is 2.21. The number of oxime groups is 1. The molecule has 2 aliphatic heterocycles. The highest BCUT2D eigenvalue weighted by molar-refractivity contribution is 6.02. The van der Waals surface area contributed by atoms with E-state index in [9.17, 15) is 4.79 Å². The van der Waals surface area contributed by atoms with Crippen LogP contribution in [0.5, 0.6) is 0 Å². The number of carbonyl (C=O) groups excluding carboxylic acids is 1. The number of aryl methyl sites for hydroxylation is 2. The second-order valence-corrected chi connectivity index (χ2v) is 6.41. The van der Waals surface area contributed by atoms with Crippen molar-refractivity contribution in [3.8, 4) is 5.69 Å². The highest BCUT2D eigenvalue weighted by atomic mass is 16.6. The summed E-state index contributed by atoms with van der Waals surface area (Å²) in [4.78, 5) is 23.8. The molecule has 24 heavy (non-hydrogen) atoms. The summed E-state index contributed by atoms with van der Waals surface area (Å²) in [7, 11) is 0. The molecule has 1 aromatic carbocycles. The fourth-order valence-electron chi connectivity index (χ4n) is 3.43. The molecular formula is C18H20N4O2. The number of rotatable bonds is 2. The van der Waals surface area contributed by atoms with Crippen LogP contribution in [0.3, 0.4) is 0 Å². The van der Waals surface area contributed by atoms with Crippen molar-refractivity contribution in [3.63, 3.8) is 0 Å². The number of benzene rings is 1. The molecule has 124 valence electrons. The molecule has 1 saturated heterocycles. The van der Waals surface area contributed by atoms with Crippen molar-refractivity contribution in [2.24, 2.45) is 5.16 Å². The van der Waals surface area contributed by atoms with E-state index < -0.39 is 0 Å². The van der Waals surface area contributed by atoms with E-state index in [-0.39, 0.29) is 11.8 Å². The summed E-state index contributed by atoms with van der Waals surface area (Å²) in [5, 5.41) is 4.24. The van der Waals surface area contributed by atoms with E-state index in [1.807, 2.05) is 30.1 Å². The molecule has 2 aliphatic rings. The molecule has 3 heterocycles. The highest BCUT2D eigenvalue weighted by Crippen LogP contribution is 2.24. The lowest BCUT2D eigenvalue weighted by Gasteiger charge is -2.38. The summed E-state index contributed by atoms with van der Waals surface area (Å²) >= 11 is 0. The summed E-state index contributed by atoms with van der Waals surface area (Å²) in [6.07, 6.45) is 5.33. The maximum atomic E-state index is 12.1. The van der Waals surface area contributed by atoms with Crippen LogP contribution in [0.15, 0.2) is 35.9 Å². The summed E-state index contributed by atoms with van der Waals surface area (Å²) in [5.41, 5.74) is 4.17. The molecule has 4 rings (SSSR count). The van der Waals surface area contributed by atoms with Gasteiger partial charge in [-0.15, -0.1) is 0 Å². The molecule has 0 bridgehead atoms. The Balaban J connectivity index is 1.68. The highest BCUT2D eigenvalue weighted by Gasteiger charge is 2.35. The molecule has 6 heteroatoms. The van der Waals surface area contributed by atoms with Gasteiger partial charge in [0.2, 0.25) is 0 Å². The maximum Gasteiger partial charge on any atom is 0.176 e. The number of piperidine rings is 1. The lowest BCUT2D eigenvalue weighted by atomic mass is 9.98. The van der Waals surface area contributed by atoms with Gasteiger partial charge in [-0.05, 0) is 44.0 Å². The number of imidazole rings is 1. The first-order valence-corrected chi connectivity index (χ1v) is 8.25. The van der Waals surface area contributed by atoms with Crippen LogP contribution >= 0.6 is 0 Å². The molecule has 0 N–H and O–H groups in total. The number of fused-ring (bicyclic) bond motifs is 1. The van der Waals surface area contributed by atoms with E-state index >= 15 is 0 Å². The minimum atomic E-state index is -0.192. The van der Waals surface area contributed by atoms with E-state index in [2.05, 4.69) is 34.1 Å². The zero-order chi connectivity index (χ0) is 16.7. The summed E-state index contributed by atoms with van der Waals surface area (Å²) in [6, 6.07) is 5.99. The molecule has 1 unspecified atom stereocenters. The molecular weight excluding hydrogens is 304 g/mol. The zero-order valence-corrected chi connectivity index (χ0v) is 13.9. The predicted molar refractivity (Wildman–Crippen MR) is 90.3 cm³/mol. The second-order valence-electron chi connectivity index (χ2n) is 6.41. The first-order valence-electron chi connectivity index (χ1n) is 8.25. The Morgan fingerprint density at radius 3 is 2.92 bits per heavy atom. The molecule has 0 saturated carbocycles. The Kier molecular flexibility index (Phi) is 3.59. The summed E-state index contributed by atoms with van der Waals surface area (Å²) in [6.45, 7) is 5.24. The topological polar surface area (TPSA) is 59.7 Å². The van der Waals surface area contributed by atoms with Gasteiger partial charge in [-0.2, -0.15) is 0 Å². The molecule has 6 nitrogen and oxygen atoms in total. The Bertz CT molecular complexity index is 824. The quantitative estimate of drug-likeness (QED) is 0.850. The van der Waals surface area contributed by atoms with Crippen LogP contribution in [0.1, 0.15) is 29.7 Å². The molecule has 2 aromatic rings. The van der Waals surface area contributed by atoms with Gasteiger partial charge in [0.1, 0.15) is 12.6 Å². The monoisotopic (exact) mass is 324 g/mol. The van der Waals surface area contributed by atoms with Gasteiger partial charge >= 0.3 is 0 Å². The van der Waals surface area contributed by atoms with Crippen LogP contribution in [0.25, 0.3) is 5.69 Å². The van der Waals surface area contributed by atoms with Gasteiger partial charge in [0.25, 0.3) is 0 Å². The number of hydrogen-bond donors (Lipinski definition) is 0. The average Bonchev–Trinajstić information content (AvgIpc) is 3.01. The van der Waals surface area contributed by atoms with Crippen LogP contribution in [0.2, 0.25) is 0 Å². The molecule has 1 fully saturated rings. The largest absolute Gasteiger partial charge is 0.391 e. The van der Waals surface area contributed by atoms with Crippen molar-refractivity contribution < 1.29 is 9.63 Å². The number of aromatic nitrogens is 2. The third-order valence-corrected chi connectivity index (χ3v) is 4.67. The van der Waals surface area contributed by atoms with Gasteiger partial charge in [0.05, 0.1) is 12.0 Å². The van der Waals surface area contributed by atoms with Gasteiger partial charge in [0, 0.05) is 30.4 Å². The van der Waals surface area contributed by atoms with E-state index in [1.165, 1.54) is 0 Å². The lowest BCUT2D eigenvalue weighted by molar-refractivity contribution is -0.128. The van der Waals surface area contributed by atoms with Crippen LogP contribution in [0.4, 0.5) is 0 Å². The first kappa shape index (κ1) is 14.9. The SMILES string of the molecule is Cc1cn(-c2ccc(C3=NOCC4C(=O)CCCN34)cc2C)cn1. The molecule has 0 amide bonds. The van der Waals surface area contributed by atoms with Crippen molar-refractivity contribution in [2.45, 2.75) is 32.7 Å². The van der Waals surface area contributed by atoms with Crippen LogP contribution in [-0.4, -0.2) is 45.3 Å². The number of carbonyl (C=O) groups is 1. The number of ketones is 1. The maximum absolute atomic E-state index is 12.1. The van der Waals surface area contributed by atoms with E-state index in [0.29, 0.717) is 13.0 Å². The van der Waals surface area contributed by atoms with Crippen LogP contribution in [-0.2, 0) is 9.63 Å². The molecule has 0 radical (unpaired) electrons. The molecule has 0 spiro atoms. The standard InChI is InChI=1S/C18H20N4O2/c1-12-8-14(5-6-15(12)21-9-13(2)19-11-21)18-20-24-10-16-17(23)4-3-7-22(16)18/h5-6,8-9,11,16H,3-4,7,10H2,1-2H3. The molecule has 1 aromatic heterocycles. The zero-order valence-electron chi connectivity index (χ0n) is 13.9. The van der Waals surface area contributed by atoms with Crippen molar-refractivity contribution in [2.75, 3.05) is 13.2 Å². The minimum Gasteiger partial charge on any atom is -0.391 e. The number of nitrogens with zero attached hydrogens (tertiary/aromatic N) is 4. The fraction of sp³-hybridized carbons (Fsp3) is 0.389. The Morgan fingerprint density at radius 2 is 2.17 bits per heavy atom. The van der Waals surface area contributed by atoms with Crippen LogP contribution < -0.4 is 0 Å². The Morgan fingerprint density at radius 1 is 1.29 bits per heavy atom. The summed E-state index contributed by atoms with van der Waals surface area (Å²) in [5.74, 6) is 1.01. The van der Waals surface area contributed by atoms with E-state index in [0.717, 1.165) is 41.3 Å². The third-order valence-electron chi connectivity index (χ3n) is 4.67. The van der Waals surface area contributed by atoms with Crippen LogP contribution in [0, 0.1) is 13.8 Å². The van der Waals surface area contributed by atoms with Crippen molar-refractivity contribution in [1.82, 2.24) is 14.5 Å². The third kappa shape index (κ3) is 2.48. The van der Waals surface area contributed by atoms with Gasteiger partial charge in [-0.1, -0.05) is 5.16 Å². The fourth-order valence-corrected chi connectivity index (χ4v) is 3.43. The van der Waals surface area contributed by atoms with E-state index in [1.54, 1.807) is 0 Å². The van der Waals surface area contributed by atoms with Crippen molar-refractivity contribution in [3.05, 3.63) is 47.5 Å². The van der Waals surface area contributed by atoms with Gasteiger partial charge in [0.15, 0.2) is 11.6 Å². The van der Waals surface area contributed by atoms with Gasteiger partial charge < -0.3 is 14.3 Å². The minimum absolute atomic E-state index is 0.192. The first-order chi connectivity index (χ1) is 11.6. The van der Waals surface area contributed by atoms with Crippen molar-refractivity contribution in [1.29, 1.82) is 0 Å². The van der Waals surface area contributed by atoms with E-state index in [4.69, 9.17) is 4.84 Å². The number of amidine groups is 1. The molecule has 0 aliphatic carbocycles. The Hall–Kier alpha value is -2.63. The number of hydrogen-bond acceptors (Lipinski definition) is 5. The lowest BCUT2D eigenvalue weighted by Crippen LogP contribution is -2.53. The summed E-state index contributed by atoms with van der Waals surface area (Å²) < 4.78 is 2.01. The normalized spacial score (nSPS) is 20.4.